The zero-order valence-corrected chi connectivity index (χ0v) is 7.12. The Balaban J connectivity index is 2.21. The fourth-order valence-electron chi connectivity index (χ4n) is 1.55. The van der Waals surface area contributed by atoms with Crippen molar-refractivity contribution in [2.75, 3.05) is 33.4 Å². The fourth-order valence-corrected chi connectivity index (χ4v) is 1.55. The monoisotopic (exact) mass is 159 g/mol. The third kappa shape index (κ3) is 2.77. The minimum Gasteiger partial charge on any atom is -0.395 e. The molecule has 0 spiro atoms. The maximum atomic E-state index is 8.69. The van der Waals surface area contributed by atoms with Crippen molar-refractivity contribution in [3.63, 3.8) is 0 Å². The van der Waals surface area contributed by atoms with Gasteiger partial charge in [-0.3, -0.25) is 4.90 Å². The van der Waals surface area contributed by atoms with Crippen molar-refractivity contribution in [1.82, 2.24) is 4.90 Å². The van der Waals surface area contributed by atoms with E-state index in [0.29, 0.717) is 6.10 Å². The van der Waals surface area contributed by atoms with E-state index in [1.807, 2.05) is 0 Å². The lowest BCUT2D eigenvalue weighted by Gasteiger charge is -2.31. The maximum Gasteiger partial charge on any atom is 0.0698 e. The van der Waals surface area contributed by atoms with Gasteiger partial charge >= 0.3 is 0 Å². The highest BCUT2D eigenvalue weighted by atomic mass is 16.5. The Bertz CT molecular complexity index is 106. The molecular formula is C8H17NO2. The van der Waals surface area contributed by atoms with E-state index in [1.54, 1.807) is 7.11 Å². The number of aliphatic hydroxyl groups is 1. The molecular weight excluding hydrogens is 142 g/mol. The summed E-state index contributed by atoms with van der Waals surface area (Å²) in [6, 6.07) is 0. The normalized spacial score (nSPS) is 27.3. The average molecular weight is 159 g/mol. The molecule has 0 aromatic heterocycles. The molecule has 66 valence electrons. The van der Waals surface area contributed by atoms with Crippen LogP contribution in [-0.2, 0) is 4.74 Å². The van der Waals surface area contributed by atoms with E-state index < -0.39 is 0 Å². The number of ether oxygens (including phenoxy) is 1. The van der Waals surface area contributed by atoms with Gasteiger partial charge in [-0.15, -0.1) is 0 Å². The number of likely N-dealkylation sites (tertiary alicyclic amines) is 1. The molecule has 1 fully saturated rings. The van der Waals surface area contributed by atoms with Crippen LogP contribution in [0.25, 0.3) is 0 Å². The van der Waals surface area contributed by atoms with E-state index in [0.717, 1.165) is 19.6 Å². The van der Waals surface area contributed by atoms with Gasteiger partial charge in [0.1, 0.15) is 0 Å². The van der Waals surface area contributed by atoms with E-state index in [2.05, 4.69) is 4.90 Å². The average Bonchev–Trinajstić information content (AvgIpc) is 2.06. The minimum absolute atomic E-state index is 0.260. The van der Waals surface area contributed by atoms with Crippen LogP contribution in [0.1, 0.15) is 12.8 Å². The molecule has 1 atom stereocenters. The van der Waals surface area contributed by atoms with Gasteiger partial charge in [-0.1, -0.05) is 0 Å². The number of methoxy groups -OCH3 is 1. The first-order valence-electron chi connectivity index (χ1n) is 4.23. The highest BCUT2D eigenvalue weighted by Gasteiger charge is 2.18. The Labute approximate surface area is 68.0 Å². The van der Waals surface area contributed by atoms with E-state index in [4.69, 9.17) is 9.84 Å². The Hall–Kier alpha value is -0.120. The summed E-state index contributed by atoms with van der Waals surface area (Å²) in [5.74, 6) is 0. The predicted octanol–water partition coefficient (Wildman–Crippen LogP) is 0.0895. The second-order valence-electron chi connectivity index (χ2n) is 3.02. The molecule has 0 bridgehead atoms. The van der Waals surface area contributed by atoms with Crippen LogP contribution < -0.4 is 0 Å². The van der Waals surface area contributed by atoms with Gasteiger partial charge < -0.3 is 9.84 Å². The Morgan fingerprint density at radius 3 is 3.09 bits per heavy atom. The summed E-state index contributed by atoms with van der Waals surface area (Å²) >= 11 is 0. The molecule has 0 unspecified atom stereocenters. The van der Waals surface area contributed by atoms with Crippen LogP contribution >= 0.6 is 0 Å². The van der Waals surface area contributed by atoms with Gasteiger partial charge in [0.25, 0.3) is 0 Å². The van der Waals surface area contributed by atoms with Crippen LogP contribution in [0.15, 0.2) is 0 Å². The van der Waals surface area contributed by atoms with Crippen molar-refractivity contribution in [1.29, 1.82) is 0 Å². The van der Waals surface area contributed by atoms with Gasteiger partial charge in [-0.05, 0) is 19.4 Å². The lowest BCUT2D eigenvalue weighted by atomic mass is 10.1. The number of nitrogens with zero attached hydrogens (tertiary/aromatic N) is 1. The second-order valence-corrected chi connectivity index (χ2v) is 3.02. The first-order chi connectivity index (χ1) is 5.36. The van der Waals surface area contributed by atoms with Gasteiger partial charge in [0.15, 0.2) is 0 Å². The van der Waals surface area contributed by atoms with Crippen molar-refractivity contribution in [2.45, 2.75) is 18.9 Å². The summed E-state index contributed by atoms with van der Waals surface area (Å²) in [5, 5.41) is 8.69. The summed E-state index contributed by atoms with van der Waals surface area (Å²) in [6.45, 7) is 3.15. The van der Waals surface area contributed by atoms with Crippen LogP contribution in [0.3, 0.4) is 0 Å². The smallest absolute Gasteiger partial charge is 0.0698 e. The van der Waals surface area contributed by atoms with Crippen LogP contribution in [0.5, 0.6) is 0 Å². The SMILES string of the molecule is CO[C@@H]1CCCN(CCO)C1. The molecule has 1 aliphatic rings. The number of hydrogen-bond acceptors (Lipinski definition) is 3. The summed E-state index contributed by atoms with van der Waals surface area (Å²) in [6.07, 6.45) is 2.74. The molecule has 1 N–H and O–H groups in total. The summed E-state index contributed by atoms with van der Waals surface area (Å²) in [4.78, 5) is 2.25. The van der Waals surface area contributed by atoms with Crippen LogP contribution in [-0.4, -0.2) is 49.5 Å². The summed E-state index contributed by atoms with van der Waals surface area (Å²) < 4.78 is 5.24. The van der Waals surface area contributed by atoms with Gasteiger partial charge in [0.2, 0.25) is 0 Å². The van der Waals surface area contributed by atoms with E-state index >= 15 is 0 Å². The molecule has 0 aliphatic carbocycles. The second kappa shape index (κ2) is 4.70. The van der Waals surface area contributed by atoms with E-state index in [9.17, 15) is 0 Å². The van der Waals surface area contributed by atoms with Crippen molar-refractivity contribution in [2.24, 2.45) is 0 Å². The maximum absolute atomic E-state index is 8.69. The molecule has 0 amide bonds. The van der Waals surface area contributed by atoms with Gasteiger partial charge in [-0.2, -0.15) is 0 Å². The molecule has 3 heteroatoms. The Morgan fingerprint density at radius 1 is 1.64 bits per heavy atom. The summed E-state index contributed by atoms with van der Waals surface area (Å²) in [7, 11) is 1.76. The molecule has 11 heavy (non-hydrogen) atoms. The zero-order valence-electron chi connectivity index (χ0n) is 7.12. The number of β-amino-alcohol motifs (C(OH)–C–C–N with tert-alkyl or cyclic N) is 1. The lowest BCUT2D eigenvalue weighted by Crippen LogP contribution is -2.40. The molecule has 1 rings (SSSR count). The van der Waals surface area contributed by atoms with Crippen LogP contribution in [0.2, 0.25) is 0 Å². The van der Waals surface area contributed by atoms with E-state index in [-0.39, 0.29) is 6.61 Å². The zero-order chi connectivity index (χ0) is 8.10. The summed E-state index contributed by atoms with van der Waals surface area (Å²) in [5.41, 5.74) is 0. The van der Waals surface area contributed by atoms with Crippen molar-refractivity contribution >= 4 is 0 Å². The third-order valence-corrected chi connectivity index (χ3v) is 2.21. The first kappa shape index (κ1) is 8.97. The number of rotatable bonds is 3. The molecule has 0 aromatic carbocycles. The highest BCUT2D eigenvalue weighted by Crippen LogP contribution is 2.11. The van der Waals surface area contributed by atoms with Crippen LogP contribution in [0, 0.1) is 0 Å². The standard InChI is InChI=1S/C8H17NO2/c1-11-8-3-2-4-9(7-8)5-6-10/h8,10H,2-7H2,1H3/t8-/m1/s1. The molecule has 1 heterocycles. The van der Waals surface area contributed by atoms with Crippen molar-refractivity contribution in [3.8, 4) is 0 Å². The minimum atomic E-state index is 0.260. The van der Waals surface area contributed by atoms with Crippen molar-refractivity contribution in [3.05, 3.63) is 0 Å². The Morgan fingerprint density at radius 2 is 2.45 bits per heavy atom. The van der Waals surface area contributed by atoms with Crippen molar-refractivity contribution < 1.29 is 9.84 Å². The first-order valence-corrected chi connectivity index (χ1v) is 4.23. The quantitative estimate of drug-likeness (QED) is 0.633. The fraction of sp³-hybridized carbons (Fsp3) is 1.00. The largest absolute Gasteiger partial charge is 0.395 e. The number of aliphatic hydroxyl groups excluding tert-OH is 1. The molecule has 0 saturated carbocycles. The third-order valence-electron chi connectivity index (χ3n) is 2.21. The number of hydrogen-bond donors (Lipinski definition) is 1. The molecule has 3 nitrogen and oxygen atoms in total. The van der Waals surface area contributed by atoms with Gasteiger partial charge in [0.05, 0.1) is 12.7 Å². The van der Waals surface area contributed by atoms with Gasteiger partial charge in [-0.25, -0.2) is 0 Å². The molecule has 1 saturated heterocycles. The molecule has 0 radical (unpaired) electrons. The van der Waals surface area contributed by atoms with Crippen LogP contribution in [0.4, 0.5) is 0 Å². The Kier molecular flexibility index (Phi) is 3.83. The number of piperidine rings is 1. The predicted molar refractivity (Wildman–Crippen MR) is 43.6 cm³/mol. The van der Waals surface area contributed by atoms with E-state index in [1.165, 1.54) is 12.8 Å². The molecule has 1 aliphatic heterocycles. The molecule has 0 aromatic rings. The lowest BCUT2D eigenvalue weighted by molar-refractivity contribution is 0.0259. The van der Waals surface area contributed by atoms with Gasteiger partial charge in [0, 0.05) is 20.2 Å². The topological polar surface area (TPSA) is 32.7 Å². The highest BCUT2D eigenvalue weighted by molar-refractivity contribution is 4.72.